The first kappa shape index (κ1) is 10.7. The summed E-state index contributed by atoms with van der Waals surface area (Å²) in [6.07, 6.45) is 0. The molecular formula is C8H13ClN4O2. The van der Waals surface area contributed by atoms with E-state index in [-0.39, 0.29) is 23.8 Å². The van der Waals surface area contributed by atoms with Crippen LogP contribution in [0.25, 0.3) is 0 Å². The lowest BCUT2D eigenvalue weighted by atomic mass is 9.81. The molecule has 0 aromatic carbocycles. The quantitative estimate of drug-likeness (QED) is 0.683. The molecule has 0 radical (unpaired) electrons. The van der Waals surface area contributed by atoms with Crippen LogP contribution in [-0.2, 0) is 10.2 Å². The third-order valence-electron chi connectivity index (χ3n) is 3.16. The number of nitrogens with two attached hydrogens (primary N) is 1. The molecule has 2 atom stereocenters. The molecule has 1 aromatic rings. The van der Waals surface area contributed by atoms with E-state index in [1.54, 1.807) is 0 Å². The summed E-state index contributed by atoms with van der Waals surface area (Å²) in [4.78, 5) is 0. The van der Waals surface area contributed by atoms with E-state index < -0.39 is 0 Å². The predicted octanol–water partition coefficient (Wildman–Crippen LogP) is -0.439. The fourth-order valence-corrected chi connectivity index (χ4v) is 2.33. The normalized spacial score (nSPS) is 33.7. The number of anilines is 1. The Morgan fingerprint density at radius 3 is 3.07 bits per heavy atom. The molecule has 2 aliphatic rings. The van der Waals surface area contributed by atoms with Crippen molar-refractivity contribution in [2.24, 2.45) is 5.92 Å². The molecule has 15 heavy (non-hydrogen) atoms. The van der Waals surface area contributed by atoms with Crippen molar-refractivity contribution in [1.82, 2.24) is 15.5 Å². The molecule has 6 nitrogen and oxygen atoms in total. The Balaban J connectivity index is 0.000000853. The highest BCUT2D eigenvalue weighted by molar-refractivity contribution is 5.85. The third-order valence-corrected chi connectivity index (χ3v) is 3.16. The van der Waals surface area contributed by atoms with Crippen molar-refractivity contribution in [3.63, 3.8) is 0 Å². The minimum Gasteiger partial charge on any atom is -0.408 e. The van der Waals surface area contributed by atoms with Crippen LogP contribution in [0.5, 0.6) is 0 Å². The molecule has 2 fully saturated rings. The van der Waals surface area contributed by atoms with Crippen molar-refractivity contribution >= 4 is 18.4 Å². The molecule has 84 valence electrons. The van der Waals surface area contributed by atoms with Crippen LogP contribution in [0.2, 0.25) is 0 Å². The van der Waals surface area contributed by atoms with Gasteiger partial charge in [-0.05, 0) is 0 Å². The molecule has 0 spiro atoms. The summed E-state index contributed by atoms with van der Waals surface area (Å²) in [7, 11) is 0. The third kappa shape index (κ3) is 1.40. The molecule has 1 aromatic heterocycles. The summed E-state index contributed by atoms with van der Waals surface area (Å²) in [6, 6.07) is 0.131. The SMILES string of the molecule is Cl.Nc1nnc([C@@]23CNC[C@@H]2COC3)o1. The van der Waals surface area contributed by atoms with Crippen LogP contribution < -0.4 is 11.1 Å². The average Bonchev–Trinajstić information content (AvgIpc) is 2.75. The second-order valence-corrected chi connectivity index (χ2v) is 3.94. The summed E-state index contributed by atoms with van der Waals surface area (Å²) in [6.45, 7) is 3.18. The van der Waals surface area contributed by atoms with Crippen LogP contribution in [0.3, 0.4) is 0 Å². The van der Waals surface area contributed by atoms with Crippen molar-refractivity contribution in [3.05, 3.63) is 5.89 Å². The van der Waals surface area contributed by atoms with E-state index in [0.717, 1.165) is 19.7 Å². The summed E-state index contributed by atoms with van der Waals surface area (Å²) in [5.41, 5.74) is 5.29. The number of aromatic nitrogens is 2. The maximum atomic E-state index is 5.47. The molecule has 0 unspecified atom stereocenters. The Hall–Kier alpha value is -0.850. The smallest absolute Gasteiger partial charge is 0.312 e. The van der Waals surface area contributed by atoms with Gasteiger partial charge in [0.15, 0.2) is 0 Å². The Kier molecular flexibility index (Phi) is 2.57. The number of nitrogens with one attached hydrogen (secondary N) is 1. The zero-order valence-electron chi connectivity index (χ0n) is 8.10. The number of rotatable bonds is 1. The maximum absolute atomic E-state index is 5.47. The van der Waals surface area contributed by atoms with Gasteiger partial charge in [-0.15, -0.1) is 17.5 Å². The molecule has 2 saturated heterocycles. The summed E-state index contributed by atoms with van der Waals surface area (Å²) in [5.74, 6) is 1.05. The van der Waals surface area contributed by atoms with Gasteiger partial charge in [0.2, 0.25) is 5.89 Å². The number of nitrogen functional groups attached to an aromatic ring is 1. The highest BCUT2D eigenvalue weighted by Gasteiger charge is 2.52. The summed E-state index contributed by atoms with van der Waals surface area (Å²) in [5, 5.41) is 11.0. The summed E-state index contributed by atoms with van der Waals surface area (Å²) >= 11 is 0. The van der Waals surface area contributed by atoms with Crippen molar-refractivity contribution < 1.29 is 9.15 Å². The Morgan fingerprint density at radius 2 is 2.33 bits per heavy atom. The van der Waals surface area contributed by atoms with Gasteiger partial charge in [0.1, 0.15) is 0 Å². The van der Waals surface area contributed by atoms with Gasteiger partial charge >= 0.3 is 6.01 Å². The predicted molar refractivity (Wildman–Crippen MR) is 54.8 cm³/mol. The Bertz CT molecular complexity index is 346. The van der Waals surface area contributed by atoms with Crippen molar-refractivity contribution in [3.8, 4) is 0 Å². The molecule has 7 heteroatoms. The number of nitrogens with zero attached hydrogens (tertiary/aromatic N) is 2. The van der Waals surface area contributed by atoms with Gasteiger partial charge in [0, 0.05) is 19.0 Å². The first-order chi connectivity index (χ1) is 6.81. The van der Waals surface area contributed by atoms with E-state index >= 15 is 0 Å². The Morgan fingerprint density at radius 1 is 1.47 bits per heavy atom. The van der Waals surface area contributed by atoms with Gasteiger partial charge in [-0.3, -0.25) is 0 Å². The van der Waals surface area contributed by atoms with Crippen LogP contribution >= 0.6 is 12.4 Å². The van der Waals surface area contributed by atoms with Crippen molar-refractivity contribution in [2.45, 2.75) is 5.41 Å². The molecule has 0 bridgehead atoms. The first-order valence-electron chi connectivity index (χ1n) is 4.69. The molecule has 0 saturated carbocycles. The molecule has 3 heterocycles. The van der Waals surface area contributed by atoms with Crippen LogP contribution in [0.4, 0.5) is 6.01 Å². The number of hydrogen-bond donors (Lipinski definition) is 2. The van der Waals surface area contributed by atoms with Crippen molar-refractivity contribution in [2.75, 3.05) is 32.0 Å². The van der Waals surface area contributed by atoms with E-state index in [1.807, 2.05) is 0 Å². The van der Waals surface area contributed by atoms with Gasteiger partial charge < -0.3 is 20.2 Å². The highest BCUT2D eigenvalue weighted by Crippen LogP contribution is 2.39. The zero-order valence-corrected chi connectivity index (χ0v) is 8.92. The minimum atomic E-state index is -0.134. The van der Waals surface area contributed by atoms with E-state index in [0.29, 0.717) is 18.4 Å². The molecule has 0 aliphatic carbocycles. The van der Waals surface area contributed by atoms with Gasteiger partial charge in [-0.2, -0.15) is 0 Å². The van der Waals surface area contributed by atoms with E-state index in [2.05, 4.69) is 15.5 Å². The lowest BCUT2D eigenvalue weighted by Gasteiger charge is -2.20. The number of halogens is 1. The van der Waals surface area contributed by atoms with Crippen LogP contribution in [0, 0.1) is 5.92 Å². The molecule has 3 N–H and O–H groups in total. The fraction of sp³-hybridized carbons (Fsp3) is 0.750. The molecule has 3 rings (SSSR count). The summed E-state index contributed by atoms with van der Waals surface area (Å²) < 4.78 is 10.8. The van der Waals surface area contributed by atoms with E-state index in [4.69, 9.17) is 14.9 Å². The molecule has 2 aliphatic heterocycles. The number of fused-ring (bicyclic) bond motifs is 1. The monoisotopic (exact) mass is 232 g/mol. The fourth-order valence-electron chi connectivity index (χ4n) is 2.33. The zero-order chi connectivity index (χ0) is 9.60. The first-order valence-corrected chi connectivity index (χ1v) is 4.69. The topological polar surface area (TPSA) is 86.2 Å². The van der Waals surface area contributed by atoms with Crippen LogP contribution in [0.1, 0.15) is 5.89 Å². The van der Waals surface area contributed by atoms with Gasteiger partial charge in [0.25, 0.3) is 0 Å². The van der Waals surface area contributed by atoms with E-state index in [9.17, 15) is 0 Å². The van der Waals surface area contributed by atoms with Crippen molar-refractivity contribution in [1.29, 1.82) is 0 Å². The van der Waals surface area contributed by atoms with Crippen LogP contribution in [-0.4, -0.2) is 36.5 Å². The highest BCUT2D eigenvalue weighted by atomic mass is 35.5. The maximum Gasteiger partial charge on any atom is 0.312 e. The largest absolute Gasteiger partial charge is 0.408 e. The van der Waals surface area contributed by atoms with Gasteiger partial charge in [0.05, 0.1) is 18.6 Å². The van der Waals surface area contributed by atoms with E-state index in [1.165, 1.54) is 0 Å². The lowest BCUT2D eigenvalue weighted by molar-refractivity contribution is 0.164. The second kappa shape index (κ2) is 3.62. The second-order valence-electron chi connectivity index (χ2n) is 3.94. The van der Waals surface area contributed by atoms with Gasteiger partial charge in [-0.1, -0.05) is 5.10 Å². The lowest BCUT2D eigenvalue weighted by Crippen LogP contribution is -2.35. The standard InChI is InChI=1S/C8H12N4O2.ClH/c9-7-12-11-6(14-7)8-3-10-1-5(8)2-13-4-8;/h5,10H,1-4H2,(H2,9,12);1H/t5-,8-;/m1./s1. The number of ether oxygens (including phenoxy) is 1. The van der Waals surface area contributed by atoms with Crippen LogP contribution in [0.15, 0.2) is 4.42 Å². The molecule has 0 amide bonds. The number of hydrogen-bond acceptors (Lipinski definition) is 6. The minimum absolute atomic E-state index is 0. The average molecular weight is 233 g/mol. The van der Waals surface area contributed by atoms with Gasteiger partial charge in [-0.25, -0.2) is 0 Å². The molecular weight excluding hydrogens is 220 g/mol. The Labute approximate surface area is 93.0 Å².